The molecule has 7 heteroatoms. The molecule has 4 N–H and O–H groups in total. The summed E-state index contributed by atoms with van der Waals surface area (Å²) in [5, 5.41) is 12.3. The number of nitrogens with two attached hydrogens (primary N) is 1. The molecule has 4 aromatic rings. The number of carbonyl (C=O) groups excluding carboxylic acids is 1. The topological polar surface area (TPSA) is 110 Å². The molecule has 1 aromatic heterocycles. The summed E-state index contributed by atoms with van der Waals surface area (Å²) >= 11 is 0. The average molecular weight is 400 g/mol. The van der Waals surface area contributed by atoms with Gasteiger partial charge in [0.2, 0.25) is 0 Å². The van der Waals surface area contributed by atoms with Crippen molar-refractivity contribution in [2.45, 2.75) is 12.5 Å². The van der Waals surface area contributed by atoms with E-state index in [0.29, 0.717) is 22.5 Å². The number of carbonyl (C=O) groups is 2. The van der Waals surface area contributed by atoms with E-state index in [-0.39, 0.29) is 12.3 Å². The lowest BCUT2D eigenvalue weighted by Gasteiger charge is -2.18. The van der Waals surface area contributed by atoms with Gasteiger partial charge in [-0.2, -0.15) is 0 Å². The molecule has 3 aromatic carbocycles. The van der Waals surface area contributed by atoms with E-state index in [1.807, 2.05) is 34.9 Å². The van der Waals surface area contributed by atoms with E-state index < -0.39 is 12.0 Å². The maximum atomic E-state index is 12.5. The predicted octanol–water partition coefficient (Wildman–Crippen LogP) is 3.93. The molecular formula is C23H20N4O3. The highest BCUT2D eigenvalue weighted by atomic mass is 16.4. The van der Waals surface area contributed by atoms with Crippen LogP contribution < -0.4 is 11.1 Å². The minimum Gasteiger partial charge on any atom is -0.481 e. The summed E-state index contributed by atoms with van der Waals surface area (Å²) < 4.78 is 1.83. The molecule has 0 fully saturated rings. The van der Waals surface area contributed by atoms with E-state index in [1.165, 1.54) is 0 Å². The van der Waals surface area contributed by atoms with Crippen LogP contribution in [-0.4, -0.2) is 26.5 Å². The van der Waals surface area contributed by atoms with Crippen LogP contribution >= 0.6 is 0 Å². The van der Waals surface area contributed by atoms with Crippen LogP contribution in [0.3, 0.4) is 0 Å². The Hall–Kier alpha value is -4.13. The highest BCUT2D eigenvalue weighted by Gasteiger charge is 2.20. The number of carboxylic acids is 1. The second kappa shape index (κ2) is 8.08. The molecule has 4 rings (SSSR count). The van der Waals surface area contributed by atoms with Gasteiger partial charge in [-0.1, -0.05) is 30.3 Å². The fraction of sp³-hybridized carbons (Fsp3) is 0.0870. The largest absolute Gasteiger partial charge is 0.481 e. The quantitative estimate of drug-likeness (QED) is 0.425. The molecule has 0 bridgehead atoms. The monoisotopic (exact) mass is 400 g/mol. The van der Waals surface area contributed by atoms with Crippen molar-refractivity contribution in [2.24, 2.45) is 0 Å². The standard InChI is InChI=1S/C23H20N4O3/c24-17-8-6-16(7-9-17)23(30)26-18-10-11-19-21(12-18)27(14-25-19)20(13-22(28)29)15-4-2-1-3-5-15/h1-12,14,20H,13,24H2,(H,26,30)(H,28,29). The lowest BCUT2D eigenvalue weighted by molar-refractivity contribution is -0.137. The van der Waals surface area contributed by atoms with Gasteiger partial charge >= 0.3 is 5.97 Å². The van der Waals surface area contributed by atoms with Gasteiger partial charge in [-0.05, 0) is 48.0 Å². The molecule has 0 radical (unpaired) electrons. The second-order valence-electron chi connectivity index (χ2n) is 6.96. The van der Waals surface area contributed by atoms with Crippen molar-refractivity contribution in [2.75, 3.05) is 11.1 Å². The van der Waals surface area contributed by atoms with Crippen molar-refractivity contribution in [3.05, 3.63) is 90.3 Å². The maximum Gasteiger partial charge on any atom is 0.305 e. The molecule has 1 atom stereocenters. The van der Waals surface area contributed by atoms with Crippen molar-refractivity contribution in [3.8, 4) is 0 Å². The fourth-order valence-corrected chi connectivity index (χ4v) is 3.41. The maximum absolute atomic E-state index is 12.5. The van der Waals surface area contributed by atoms with Gasteiger partial charge in [0.05, 0.1) is 29.8 Å². The molecule has 1 heterocycles. The van der Waals surface area contributed by atoms with Crippen molar-refractivity contribution in [1.29, 1.82) is 0 Å². The van der Waals surface area contributed by atoms with Crippen LogP contribution in [0.25, 0.3) is 11.0 Å². The van der Waals surface area contributed by atoms with Crippen LogP contribution in [0.1, 0.15) is 28.4 Å². The van der Waals surface area contributed by atoms with Crippen LogP contribution in [0, 0.1) is 0 Å². The normalized spacial score (nSPS) is 11.9. The first-order valence-electron chi connectivity index (χ1n) is 9.41. The Morgan fingerprint density at radius 1 is 1.03 bits per heavy atom. The summed E-state index contributed by atoms with van der Waals surface area (Å²) in [6.45, 7) is 0. The van der Waals surface area contributed by atoms with Crippen LogP contribution in [0.15, 0.2) is 79.1 Å². The first kappa shape index (κ1) is 19.2. The van der Waals surface area contributed by atoms with Gasteiger partial charge in [0, 0.05) is 16.9 Å². The third-order valence-electron chi connectivity index (χ3n) is 4.89. The molecular weight excluding hydrogens is 380 g/mol. The number of rotatable bonds is 6. The highest BCUT2D eigenvalue weighted by Crippen LogP contribution is 2.28. The van der Waals surface area contributed by atoms with Crippen molar-refractivity contribution < 1.29 is 14.7 Å². The Kier molecular flexibility index (Phi) is 5.17. The second-order valence-corrected chi connectivity index (χ2v) is 6.96. The van der Waals surface area contributed by atoms with Crippen LogP contribution in [0.5, 0.6) is 0 Å². The number of imidazole rings is 1. The molecule has 0 spiro atoms. The Morgan fingerprint density at radius 3 is 2.47 bits per heavy atom. The number of hydrogen-bond acceptors (Lipinski definition) is 4. The fourth-order valence-electron chi connectivity index (χ4n) is 3.41. The van der Waals surface area contributed by atoms with Crippen LogP contribution in [-0.2, 0) is 4.79 Å². The van der Waals surface area contributed by atoms with E-state index in [4.69, 9.17) is 5.73 Å². The SMILES string of the molecule is Nc1ccc(C(=O)Nc2ccc3ncn(C(CC(=O)O)c4ccccc4)c3c2)cc1. The average Bonchev–Trinajstić information content (AvgIpc) is 3.16. The van der Waals surface area contributed by atoms with Gasteiger partial charge in [0.1, 0.15) is 0 Å². The van der Waals surface area contributed by atoms with Gasteiger partial charge in [0.25, 0.3) is 5.91 Å². The minimum atomic E-state index is -0.904. The Balaban J connectivity index is 1.69. The zero-order valence-electron chi connectivity index (χ0n) is 16.0. The third kappa shape index (κ3) is 4.00. The zero-order valence-corrected chi connectivity index (χ0v) is 16.0. The molecule has 0 aliphatic rings. The lowest BCUT2D eigenvalue weighted by Crippen LogP contribution is -2.15. The van der Waals surface area contributed by atoms with Gasteiger partial charge in [-0.15, -0.1) is 0 Å². The third-order valence-corrected chi connectivity index (χ3v) is 4.89. The Labute approximate surface area is 172 Å². The predicted molar refractivity (Wildman–Crippen MR) is 115 cm³/mol. The highest BCUT2D eigenvalue weighted by molar-refractivity contribution is 6.05. The lowest BCUT2D eigenvalue weighted by atomic mass is 10.0. The summed E-state index contributed by atoms with van der Waals surface area (Å²) in [6.07, 6.45) is 1.55. The number of aromatic nitrogens is 2. The molecule has 1 amide bonds. The van der Waals surface area contributed by atoms with Crippen LogP contribution in [0.4, 0.5) is 11.4 Å². The zero-order chi connectivity index (χ0) is 21.1. The Bertz CT molecular complexity index is 1200. The molecule has 1 unspecified atom stereocenters. The van der Waals surface area contributed by atoms with Crippen molar-refractivity contribution in [3.63, 3.8) is 0 Å². The number of hydrogen-bond donors (Lipinski definition) is 3. The van der Waals surface area contributed by atoms with Crippen molar-refractivity contribution in [1.82, 2.24) is 9.55 Å². The smallest absolute Gasteiger partial charge is 0.305 e. The van der Waals surface area contributed by atoms with Gasteiger partial charge in [-0.3, -0.25) is 9.59 Å². The van der Waals surface area contributed by atoms with E-state index in [9.17, 15) is 14.7 Å². The molecule has 0 saturated heterocycles. The van der Waals surface area contributed by atoms with E-state index in [0.717, 1.165) is 11.1 Å². The molecule has 150 valence electrons. The number of fused-ring (bicyclic) bond motifs is 1. The molecule has 0 saturated carbocycles. The van der Waals surface area contributed by atoms with E-state index >= 15 is 0 Å². The number of amides is 1. The summed E-state index contributed by atoms with van der Waals surface area (Å²) in [4.78, 5) is 28.4. The molecule has 0 aliphatic carbocycles. The van der Waals surface area contributed by atoms with Gasteiger partial charge in [-0.25, -0.2) is 4.98 Å². The van der Waals surface area contributed by atoms with Gasteiger partial charge < -0.3 is 20.7 Å². The number of aliphatic carboxylic acids is 1. The molecule has 0 aliphatic heterocycles. The summed E-state index contributed by atoms with van der Waals surface area (Å²) in [5.74, 6) is -1.16. The number of carboxylic acid groups (broad SMARTS) is 1. The number of nitrogen functional groups attached to an aromatic ring is 1. The number of anilines is 2. The Morgan fingerprint density at radius 2 is 1.77 bits per heavy atom. The number of nitrogens with zero attached hydrogens (tertiary/aromatic N) is 2. The van der Waals surface area contributed by atoms with Crippen molar-refractivity contribution >= 4 is 34.3 Å². The number of nitrogens with one attached hydrogen (secondary N) is 1. The summed E-state index contributed by atoms with van der Waals surface area (Å²) in [6, 6.07) is 21.0. The number of benzene rings is 3. The summed E-state index contributed by atoms with van der Waals surface area (Å²) in [5.41, 5.74) is 9.66. The molecule has 7 nitrogen and oxygen atoms in total. The molecule has 30 heavy (non-hydrogen) atoms. The van der Waals surface area contributed by atoms with Gasteiger partial charge in [0.15, 0.2) is 0 Å². The first-order chi connectivity index (χ1) is 14.5. The van der Waals surface area contributed by atoms with E-state index in [2.05, 4.69) is 10.3 Å². The summed E-state index contributed by atoms with van der Waals surface area (Å²) in [7, 11) is 0. The minimum absolute atomic E-state index is 0.0858. The van der Waals surface area contributed by atoms with E-state index in [1.54, 1.807) is 48.8 Å². The van der Waals surface area contributed by atoms with Crippen LogP contribution in [0.2, 0.25) is 0 Å². The first-order valence-corrected chi connectivity index (χ1v) is 9.41.